The van der Waals surface area contributed by atoms with Gasteiger partial charge in [0.1, 0.15) is 5.75 Å². The van der Waals surface area contributed by atoms with Crippen LogP contribution in [0, 0.1) is 0 Å². The van der Waals surface area contributed by atoms with Crippen LogP contribution in [0.4, 0.5) is 0 Å². The maximum atomic E-state index is 5.84. The lowest BCUT2D eigenvalue weighted by Gasteiger charge is -2.37. The number of rotatable bonds is 7. The highest BCUT2D eigenvalue weighted by atomic mass is 32.1. The molecule has 0 spiro atoms. The number of allylic oxidation sites excluding steroid dienone is 1. The average Bonchev–Trinajstić information content (AvgIpc) is 3.41. The standard InChI is InChI=1S/C29H28N4O2S/c1-4-20-10-12-21(13-11-20)18-33-19(2)25(26(30-29(33)36)22-8-6-5-7-9-22)28-31-27(32-35-28)23-14-16-24(34-3)17-15-23/h5-17,26H,4,18H2,1-3H3,(H,30,36). The fraction of sp³-hybridized carbons (Fsp3) is 0.207. The molecule has 0 aliphatic carbocycles. The van der Waals surface area contributed by atoms with E-state index < -0.39 is 0 Å². The minimum absolute atomic E-state index is 0.207. The number of aromatic nitrogens is 2. The predicted molar refractivity (Wildman–Crippen MR) is 145 cm³/mol. The summed E-state index contributed by atoms with van der Waals surface area (Å²) in [5.74, 6) is 1.76. The molecule has 0 saturated heterocycles. The molecule has 6 nitrogen and oxygen atoms in total. The van der Waals surface area contributed by atoms with Crippen LogP contribution in [0.3, 0.4) is 0 Å². The van der Waals surface area contributed by atoms with Crippen LogP contribution in [-0.4, -0.2) is 27.3 Å². The van der Waals surface area contributed by atoms with Crippen molar-refractivity contribution < 1.29 is 9.26 Å². The number of hydrogen-bond acceptors (Lipinski definition) is 5. The van der Waals surface area contributed by atoms with E-state index in [4.69, 9.17) is 26.5 Å². The van der Waals surface area contributed by atoms with Crippen molar-refractivity contribution >= 4 is 22.9 Å². The van der Waals surface area contributed by atoms with Crippen molar-refractivity contribution in [3.8, 4) is 17.1 Å². The van der Waals surface area contributed by atoms with Crippen molar-refractivity contribution in [1.82, 2.24) is 20.4 Å². The third kappa shape index (κ3) is 4.75. The molecule has 0 amide bonds. The van der Waals surface area contributed by atoms with Gasteiger partial charge in [-0.05, 0) is 66.5 Å². The highest BCUT2D eigenvalue weighted by Crippen LogP contribution is 2.38. The predicted octanol–water partition coefficient (Wildman–Crippen LogP) is 6.17. The van der Waals surface area contributed by atoms with E-state index in [2.05, 4.69) is 65.6 Å². The summed E-state index contributed by atoms with van der Waals surface area (Å²) in [5.41, 5.74) is 6.31. The summed E-state index contributed by atoms with van der Waals surface area (Å²) in [7, 11) is 1.64. The molecule has 0 saturated carbocycles. The van der Waals surface area contributed by atoms with Crippen molar-refractivity contribution in [2.24, 2.45) is 0 Å². The van der Waals surface area contributed by atoms with Gasteiger partial charge in [0.15, 0.2) is 5.11 Å². The van der Waals surface area contributed by atoms with Gasteiger partial charge in [0.2, 0.25) is 5.82 Å². The molecule has 0 fully saturated rings. The maximum absolute atomic E-state index is 5.84. The lowest BCUT2D eigenvalue weighted by molar-refractivity contribution is 0.396. The Morgan fingerprint density at radius 3 is 2.33 bits per heavy atom. The number of aryl methyl sites for hydroxylation is 1. The number of ether oxygens (including phenoxy) is 1. The SMILES string of the molecule is CCc1ccc(CN2C(=S)NC(c3ccccc3)C(c3nc(-c4ccc(OC)cc4)no3)=C2C)cc1. The van der Waals surface area contributed by atoms with Gasteiger partial charge in [0, 0.05) is 17.8 Å². The Morgan fingerprint density at radius 2 is 1.67 bits per heavy atom. The topological polar surface area (TPSA) is 63.4 Å². The number of methoxy groups -OCH3 is 1. The third-order valence-corrected chi connectivity index (χ3v) is 6.84. The summed E-state index contributed by atoms with van der Waals surface area (Å²) in [4.78, 5) is 6.89. The second-order valence-electron chi connectivity index (χ2n) is 8.70. The van der Waals surface area contributed by atoms with Crippen molar-refractivity contribution in [2.75, 3.05) is 7.11 Å². The zero-order valence-corrected chi connectivity index (χ0v) is 21.4. The van der Waals surface area contributed by atoms with Gasteiger partial charge in [-0.15, -0.1) is 0 Å². The number of benzene rings is 3. The lowest BCUT2D eigenvalue weighted by Crippen LogP contribution is -2.45. The number of nitrogens with zero attached hydrogens (tertiary/aromatic N) is 3. The zero-order valence-electron chi connectivity index (χ0n) is 20.6. The Balaban J connectivity index is 1.55. The molecule has 5 rings (SSSR count). The second kappa shape index (κ2) is 10.3. The monoisotopic (exact) mass is 496 g/mol. The lowest BCUT2D eigenvalue weighted by atomic mass is 9.94. The van der Waals surface area contributed by atoms with Gasteiger partial charge in [-0.25, -0.2) is 0 Å². The first-order chi connectivity index (χ1) is 17.6. The number of thiocarbonyl (C=S) groups is 1. The van der Waals surface area contributed by atoms with E-state index >= 15 is 0 Å². The van der Waals surface area contributed by atoms with Crippen LogP contribution >= 0.6 is 12.2 Å². The van der Waals surface area contributed by atoms with E-state index in [0.29, 0.717) is 23.4 Å². The number of hydrogen-bond donors (Lipinski definition) is 1. The van der Waals surface area contributed by atoms with E-state index in [9.17, 15) is 0 Å². The van der Waals surface area contributed by atoms with Gasteiger partial charge in [-0.3, -0.25) is 0 Å². The van der Waals surface area contributed by atoms with Crippen molar-refractivity contribution in [2.45, 2.75) is 32.9 Å². The second-order valence-corrected chi connectivity index (χ2v) is 9.09. The van der Waals surface area contributed by atoms with E-state index in [-0.39, 0.29) is 6.04 Å². The maximum Gasteiger partial charge on any atom is 0.258 e. The van der Waals surface area contributed by atoms with Gasteiger partial charge in [-0.1, -0.05) is 66.7 Å². The van der Waals surface area contributed by atoms with Crippen LogP contribution in [0.5, 0.6) is 5.75 Å². The molecule has 0 bridgehead atoms. The molecular formula is C29H28N4O2S. The molecule has 1 aliphatic heterocycles. The Hall–Kier alpha value is -3.97. The molecule has 1 atom stereocenters. The molecule has 1 N–H and O–H groups in total. The fourth-order valence-corrected chi connectivity index (χ4v) is 4.72. The molecule has 1 unspecified atom stereocenters. The van der Waals surface area contributed by atoms with Crippen LogP contribution in [-0.2, 0) is 13.0 Å². The van der Waals surface area contributed by atoms with Gasteiger partial charge < -0.3 is 19.5 Å². The van der Waals surface area contributed by atoms with Crippen LogP contribution < -0.4 is 10.1 Å². The van der Waals surface area contributed by atoms with E-state index in [0.717, 1.165) is 34.6 Å². The summed E-state index contributed by atoms with van der Waals surface area (Å²) < 4.78 is 11.1. The summed E-state index contributed by atoms with van der Waals surface area (Å²) in [5, 5.41) is 8.48. The highest BCUT2D eigenvalue weighted by Gasteiger charge is 2.34. The summed E-state index contributed by atoms with van der Waals surface area (Å²) in [6.07, 6.45) is 1.01. The van der Waals surface area contributed by atoms with Crippen molar-refractivity contribution in [3.63, 3.8) is 0 Å². The Kier molecular flexibility index (Phi) is 6.82. The molecule has 0 radical (unpaired) electrons. The van der Waals surface area contributed by atoms with E-state index in [1.807, 2.05) is 42.5 Å². The quantitative estimate of drug-likeness (QED) is 0.307. The molecular weight excluding hydrogens is 468 g/mol. The summed E-state index contributed by atoms with van der Waals surface area (Å²) in [6.45, 7) is 4.87. The largest absolute Gasteiger partial charge is 0.497 e. The molecule has 36 heavy (non-hydrogen) atoms. The fourth-order valence-electron chi connectivity index (χ4n) is 4.40. The summed E-state index contributed by atoms with van der Waals surface area (Å²) in [6, 6.07) is 26.2. The van der Waals surface area contributed by atoms with Gasteiger partial charge >= 0.3 is 0 Å². The summed E-state index contributed by atoms with van der Waals surface area (Å²) >= 11 is 5.84. The molecule has 4 aromatic rings. The Labute approximate surface area is 216 Å². The third-order valence-electron chi connectivity index (χ3n) is 6.51. The van der Waals surface area contributed by atoms with Crippen molar-refractivity contribution in [1.29, 1.82) is 0 Å². The molecule has 182 valence electrons. The highest BCUT2D eigenvalue weighted by molar-refractivity contribution is 7.80. The first-order valence-electron chi connectivity index (χ1n) is 12.0. The van der Waals surface area contributed by atoms with Gasteiger partial charge in [0.25, 0.3) is 5.89 Å². The Bertz CT molecular complexity index is 1380. The van der Waals surface area contributed by atoms with Crippen LogP contribution in [0.1, 0.15) is 42.5 Å². The smallest absolute Gasteiger partial charge is 0.258 e. The minimum atomic E-state index is -0.207. The normalized spacial score (nSPS) is 15.7. The molecule has 3 aromatic carbocycles. The van der Waals surface area contributed by atoms with Crippen LogP contribution in [0.2, 0.25) is 0 Å². The van der Waals surface area contributed by atoms with Gasteiger partial charge in [-0.2, -0.15) is 4.98 Å². The number of nitrogens with one attached hydrogen (secondary N) is 1. The van der Waals surface area contributed by atoms with E-state index in [1.54, 1.807) is 7.11 Å². The van der Waals surface area contributed by atoms with E-state index in [1.165, 1.54) is 11.1 Å². The minimum Gasteiger partial charge on any atom is -0.497 e. The average molecular weight is 497 g/mol. The molecule has 7 heteroatoms. The van der Waals surface area contributed by atoms with Gasteiger partial charge in [0.05, 0.1) is 18.7 Å². The Morgan fingerprint density at radius 1 is 0.972 bits per heavy atom. The first-order valence-corrected chi connectivity index (χ1v) is 12.4. The van der Waals surface area contributed by atoms with Crippen LogP contribution in [0.15, 0.2) is 89.1 Å². The van der Waals surface area contributed by atoms with Crippen molar-refractivity contribution in [3.05, 3.63) is 107 Å². The molecule has 2 heterocycles. The molecule has 1 aliphatic rings. The first kappa shape index (κ1) is 23.8. The zero-order chi connectivity index (χ0) is 25.1. The molecule has 1 aromatic heterocycles. The van der Waals surface area contributed by atoms with Crippen LogP contribution in [0.25, 0.3) is 17.0 Å².